The molecular weight excluding hydrogens is 202 g/mol. The molecule has 0 saturated heterocycles. The number of allylic oxidation sites excluding steroid dienone is 1. The fourth-order valence-electron chi connectivity index (χ4n) is 1.93. The molecule has 0 fully saturated rings. The van der Waals surface area contributed by atoms with Crippen LogP contribution in [-0.4, -0.2) is 11.8 Å². The molecule has 80 valence electrons. The number of hydrogen-bond donors (Lipinski definition) is 0. The highest BCUT2D eigenvalue weighted by molar-refractivity contribution is 8.00. The second kappa shape index (κ2) is 3.60. The molecule has 2 heteroatoms. The van der Waals surface area contributed by atoms with E-state index in [4.69, 9.17) is 0 Å². The first-order chi connectivity index (χ1) is 6.99. The van der Waals surface area contributed by atoms with Crippen LogP contribution in [0.5, 0.6) is 0 Å². The van der Waals surface area contributed by atoms with Gasteiger partial charge in [-0.25, -0.2) is 0 Å². The highest BCUT2D eigenvalue weighted by atomic mass is 32.2. The molecule has 0 aromatic heterocycles. The number of anilines is 1. The third kappa shape index (κ3) is 2.05. The number of hydrogen-bond acceptors (Lipinski definition) is 2. The topological polar surface area (TPSA) is 3.24 Å². The second-order valence-electron chi connectivity index (χ2n) is 4.63. The molecule has 1 aromatic carbocycles. The highest BCUT2D eigenvalue weighted by Crippen LogP contribution is 2.45. The van der Waals surface area contributed by atoms with Gasteiger partial charge in [0.1, 0.15) is 0 Å². The lowest BCUT2D eigenvalue weighted by atomic mass is 10.1. The maximum Gasteiger partial charge on any atom is 0.0543 e. The van der Waals surface area contributed by atoms with Crippen LogP contribution in [0.15, 0.2) is 41.4 Å². The quantitative estimate of drug-likeness (QED) is 0.651. The Morgan fingerprint density at radius 3 is 2.73 bits per heavy atom. The molecule has 1 nitrogen and oxygen atoms in total. The van der Waals surface area contributed by atoms with Crippen LogP contribution in [0, 0.1) is 0 Å². The van der Waals surface area contributed by atoms with E-state index in [1.54, 1.807) is 0 Å². The molecule has 0 unspecified atom stereocenters. The molecule has 0 N–H and O–H groups in total. The Bertz CT molecular complexity index is 395. The molecule has 0 spiro atoms. The predicted octanol–water partition coefficient (Wildman–Crippen LogP) is 3.91. The third-order valence-corrected chi connectivity index (χ3v) is 3.98. The number of para-hydroxylation sites is 1. The lowest BCUT2D eigenvalue weighted by molar-refractivity contribution is 0.696. The molecule has 0 amide bonds. The number of nitrogens with zero attached hydrogens (tertiary/aromatic N) is 1. The predicted molar refractivity (Wildman–Crippen MR) is 68.5 cm³/mol. The summed E-state index contributed by atoms with van der Waals surface area (Å²) in [6.07, 6.45) is 1.03. The van der Waals surface area contributed by atoms with Crippen LogP contribution < -0.4 is 4.90 Å². The molecule has 1 heterocycles. The van der Waals surface area contributed by atoms with Gasteiger partial charge in [0.15, 0.2) is 0 Å². The van der Waals surface area contributed by atoms with E-state index >= 15 is 0 Å². The van der Waals surface area contributed by atoms with Gasteiger partial charge in [0.2, 0.25) is 0 Å². The molecule has 0 atom stereocenters. The summed E-state index contributed by atoms with van der Waals surface area (Å²) in [5, 5.41) is 0. The fourth-order valence-corrected chi connectivity index (χ4v) is 3.22. The van der Waals surface area contributed by atoms with Gasteiger partial charge in [-0.05, 0) is 26.0 Å². The number of thioether (sulfide) groups is 1. The van der Waals surface area contributed by atoms with E-state index in [2.05, 4.69) is 56.6 Å². The molecule has 15 heavy (non-hydrogen) atoms. The third-order valence-electron chi connectivity index (χ3n) is 2.72. The van der Waals surface area contributed by atoms with Crippen LogP contribution in [0.2, 0.25) is 0 Å². The second-order valence-corrected chi connectivity index (χ2v) is 6.38. The van der Waals surface area contributed by atoms with Crippen LogP contribution in [0.3, 0.4) is 0 Å². The van der Waals surface area contributed by atoms with E-state index in [-0.39, 0.29) is 4.75 Å². The van der Waals surface area contributed by atoms with Gasteiger partial charge in [-0.3, -0.25) is 0 Å². The van der Waals surface area contributed by atoms with E-state index in [0.29, 0.717) is 0 Å². The van der Waals surface area contributed by atoms with E-state index in [1.807, 2.05) is 11.8 Å². The maximum absolute atomic E-state index is 4.16. The van der Waals surface area contributed by atoms with Crippen molar-refractivity contribution in [1.29, 1.82) is 0 Å². The van der Waals surface area contributed by atoms with Gasteiger partial charge in [-0.2, -0.15) is 0 Å². The lowest BCUT2D eigenvalue weighted by Crippen LogP contribution is -2.20. The molecule has 0 bridgehead atoms. The summed E-state index contributed by atoms with van der Waals surface area (Å²) in [5.74, 6) is 0. The summed E-state index contributed by atoms with van der Waals surface area (Å²) in [6, 6.07) is 8.54. The Labute approximate surface area is 96.2 Å². The SMILES string of the molecule is C=C1CC(C)(C)Sc2ccccc2N1C. The number of benzene rings is 1. The average Bonchev–Trinajstić information content (AvgIpc) is 2.23. The van der Waals surface area contributed by atoms with Crippen LogP contribution in [0.25, 0.3) is 0 Å². The Morgan fingerprint density at radius 1 is 1.33 bits per heavy atom. The van der Waals surface area contributed by atoms with E-state index in [9.17, 15) is 0 Å². The first-order valence-electron chi connectivity index (χ1n) is 5.19. The van der Waals surface area contributed by atoms with Gasteiger partial charge in [-0.1, -0.05) is 18.7 Å². The summed E-state index contributed by atoms with van der Waals surface area (Å²) in [7, 11) is 2.10. The van der Waals surface area contributed by atoms with Gasteiger partial charge in [0.25, 0.3) is 0 Å². The zero-order chi connectivity index (χ0) is 11.1. The van der Waals surface area contributed by atoms with Crippen LogP contribution in [0.4, 0.5) is 5.69 Å². The van der Waals surface area contributed by atoms with Crippen LogP contribution in [0.1, 0.15) is 20.3 Å². The van der Waals surface area contributed by atoms with Gasteiger partial charge < -0.3 is 4.90 Å². The minimum absolute atomic E-state index is 0.234. The van der Waals surface area contributed by atoms with Crippen molar-refractivity contribution in [2.45, 2.75) is 29.9 Å². The van der Waals surface area contributed by atoms with Crippen molar-refractivity contribution < 1.29 is 0 Å². The fraction of sp³-hybridized carbons (Fsp3) is 0.385. The van der Waals surface area contributed by atoms with E-state index < -0.39 is 0 Å². The smallest absolute Gasteiger partial charge is 0.0543 e. The van der Waals surface area contributed by atoms with Gasteiger partial charge in [-0.15, -0.1) is 11.8 Å². The maximum atomic E-state index is 4.16. The zero-order valence-corrected chi connectivity index (χ0v) is 10.4. The van der Waals surface area contributed by atoms with Crippen molar-refractivity contribution >= 4 is 17.4 Å². The molecular formula is C13H17NS. The first kappa shape index (κ1) is 10.6. The Hall–Kier alpha value is -0.890. The van der Waals surface area contributed by atoms with Crippen LogP contribution >= 0.6 is 11.8 Å². The summed E-state index contributed by atoms with van der Waals surface area (Å²) < 4.78 is 0.234. The molecule has 0 saturated carbocycles. The standard InChI is InChI=1S/C13H17NS/c1-10-9-13(2,3)15-12-8-6-5-7-11(12)14(10)4/h5-8H,1,9H2,2-4H3. The summed E-state index contributed by atoms with van der Waals surface area (Å²) in [5.41, 5.74) is 2.47. The van der Waals surface area contributed by atoms with Crippen molar-refractivity contribution in [3.05, 3.63) is 36.5 Å². The number of fused-ring (bicyclic) bond motifs is 1. The molecule has 1 aliphatic rings. The van der Waals surface area contributed by atoms with E-state index in [1.165, 1.54) is 16.3 Å². The minimum atomic E-state index is 0.234. The zero-order valence-electron chi connectivity index (χ0n) is 9.58. The van der Waals surface area contributed by atoms with Crippen molar-refractivity contribution in [2.24, 2.45) is 0 Å². The van der Waals surface area contributed by atoms with Gasteiger partial charge >= 0.3 is 0 Å². The minimum Gasteiger partial charge on any atom is -0.348 e. The molecule has 0 aliphatic carbocycles. The molecule has 1 aliphatic heterocycles. The molecule has 2 rings (SSSR count). The van der Waals surface area contributed by atoms with Crippen molar-refractivity contribution in [3.8, 4) is 0 Å². The van der Waals surface area contributed by atoms with Gasteiger partial charge in [0.05, 0.1) is 5.69 Å². The Balaban J connectivity index is 2.51. The monoisotopic (exact) mass is 219 g/mol. The van der Waals surface area contributed by atoms with Crippen molar-refractivity contribution in [1.82, 2.24) is 0 Å². The summed E-state index contributed by atoms with van der Waals surface area (Å²) in [4.78, 5) is 3.56. The average molecular weight is 219 g/mol. The lowest BCUT2D eigenvalue weighted by Gasteiger charge is -2.23. The molecule has 0 radical (unpaired) electrons. The number of rotatable bonds is 0. The Kier molecular flexibility index (Phi) is 2.55. The van der Waals surface area contributed by atoms with Crippen molar-refractivity contribution in [2.75, 3.05) is 11.9 Å². The largest absolute Gasteiger partial charge is 0.348 e. The van der Waals surface area contributed by atoms with Crippen LogP contribution in [-0.2, 0) is 0 Å². The first-order valence-corrected chi connectivity index (χ1v) is 6.01. The summed E-state index contributed by atoms with van der Waals surface area (Å²) >= 11 is 1.94. The Morgan fingerprint density at radius 2 is 2.00 bits per heavy atom. The van der Waals surface area contributed by atoms with Gasteiger partial charge in [0, 0.05) is 28.8 Å². The normalized spacial score (nSPS) is 19.7. The summed E-state index contributed by atoms with van der Waals surface area (Å²) in [6.45, 7) is 8.72. The van der Waals surface area contributed by atoms with E-state index in [0.717, 1.165) is 6.42 Å². The molecule has 1 aromatic rings. The highest BCUT2D eigenvalue weighted by Gasteiger charge is 2.27. The van der Waals surface area contributed by atoms with Crippen molar-refractivity contribution in [3.63, 3.8) is 0 Å².